The minimum Gasteiger partial charge on any atom is -0.482 e. The van der Waals surface area contributed by atoms with Gasteiger partial charge >= 0.3 is 5.97 Å². The summed E-state index contributed by atoms with van der Waals surface area (Å²) in [5.74, 6) is 0.151. The zero-order chi connectivity index (χ0) is 13.7. The zero-order valence-electron chi connectivity index (χ0n) is 10.5. The molecule has 0 fully saturated rings. The highest BCUT2D eigenvalue weighted by molar-refractivity contribution is 7.09. The lowest BCUT2D eigenvalue weighted by Gasteiger charge is -2.06. The quantitative estimate of drug-likeness (QED) is 0.670. The summed E-state index contributed by atoms with van der Waals surface area (Å²) in [5, 5.41) is 2.81. The van der Waals surface area contributed by atoms with E-state index in [-0.39, 0.29) is 13.2 Å². The first-order valence-electron chi connectivity index (χ1n) is 5.68. The summed E-state index contributed by atoms with van der Waals surface area (Å²) >= 11 is 1.52. The zero-order valence-corrected chi connectivity index (χ0v) is 11.3. The number of esters is 1. The Kier molecular flexibility index (Phi) is 4.35. The fourth-order valence-corrected chi connectivity index (χ4v) is 1.97. The van der Waals surface area contributed by atoms with Crippen LogP contribution in [0.25, 0.3) is 0 Å². The van der Waals surface area contributed by atoms with E-state index in [1.807, 2.05) is 12.3 Å². The van der Waals surface area contributed by atoms with Crippen molar-refractivity contribution in [3.05, 3.63) is 40.3 Å². The van der Waals surface area contributed by atoms with Gasteiger partial charge in [0.15, 0.2) is 6.61 Å². The topological polar surface area (TPSA) is 74.4 Å². The lowest BCUT2D eigenvalue weighted by atomic mass is 10.3. The van der Waals surface area contributed by atoms with Crippen molar-refractivity contribution in [2.24, 2.45) is 0 Å². The molecule has 2 N–H and O–H groups in total. The summed E-state index contributed by atoms with van der Waals surface area (Å²) in [6.45, 7) is 1.95. The van der Waals surface area contributed by atoms with Crippen molar-refractivity contribution in [2.45, 2.75) is 13.5 Å². The van der Waals surface area contributed by atoms with Gasteiger partial charge in [0.25, 0.3) is 0 Å². The maximum atomic E-state index is 11.5. The molecule has 2 aromatic rings. The summed E-state index contributed by atoms with van der Waals surface area (Å²) in [7, 11) is 0. The Morgan fingerprint density at radius 2 is 2.11 bits per heavy atom. The largest absolute Gasteiger partial charge is 0.482 e. The van der Waals surface area contributed by atoms with Crippen LogP contribution in [0.4, 0.5) is 5.69 Å². The number of carbonyl (C=O) groups is 1. The molecule has 0 bridgehead atoms. The Morgan fingerprint density at radius 3 is 2.74 bits per heavy atom. The van der Waals surface area contributed by atoms with Crippen molar-refractivity contribution in [3.63, 3.8) is 0 Å². The van der Waals surface area contributed by atoms with E-state index in [0.29, 0.717) is 11.4 Å². The number of aryl methyl sites for hydroxylation is 1. The number of thiazole rings is 1. The van der Waals surface area contributed by atoms with Crippen LogP contribution < -0.4 is 10.5 Å². The van der Waals surface area contributed by atoms with Crippen LogP contribution in [0.1, 0.15) is 10.7 Å². The van der Waals surface area contributed by atoms with E-state index in [2.05, 4.69) is 4.98 Å². The van der Waals surface area contributed by atoms with Gasteiger partial charge in [-0.25, -0.2) is 9.78 Å². The van der Waals surface area contributed by atoms with Gasteiger partial charge in [-0.3, -0.25) is 0 Å². The molecule has 0 aliphatic rings. The molecule has 1 aromatic heterocycles. The highest BCUT2D eigenvalue weighted by atomic mass is 32.1. The Balaban J connectivity index is 1.74. The van der Waals surface area contributed by atoms with E-state index in [1.54, 1.807) is 24.3 Å². The molecule has 0 aliphatic heterocycles. The molecule has 0 spiro atoms. The van der Waals surface area contributed by atoms with Gasteiger partial charge in [0.2, 0.25) is 0 Å². The van der Waals surface area contributed by atoms with Crippen LogP contribution in [0.2, 0.25) is 0 Å². The summed E-state index contributed by atoms with van der Waals surface area (Å²) < 4.78 is 10.3. The van der Waals surface area contributed by atoms with Gasteiger partial charge in [-0.05, 0) is 31.2 Å². The normalized spacial score (nSPS) is 10.2. The van der Waals surface area contributed by atoms with Crippen LogP contribution in [0.15, 0.2) is 29.6 Å². The second kappa shape index (κ2) is 6.19. The first-order valence-corrected chi connectivity index (χ1v) is 6.56. The van der Waals surface area contributed by atoms with Crippen LogP contribution in [0, 0.1) is 6.92 Å². The molecule has 0 saturated heterocycles. The third kappa shape index (κ3) is 4.26. The van der Waals surface area contributed by atoms with Crippen molar-refractivity contribution in [1.29, 1.82) is 0 Å². The van der Waals surface area contributed by atoms with Crippen molar-refractivity contribution in [2.75, 3.05) is 12.3 Å². The van der Waals surface area contributed by atoms with E-state index in [1.165, 1.54) is 11.3 Å². The van der Waals surface area contributed by atoms with Crippen LogP contribution in [-0.4, -0.2) is 17.6 Å². The molecule has 5 nitrogen and oxygen atoms in total. The van der Waals surface area contributed by atoms with Crippen molar-refractivity contribution < 1.29 is 14.3 Å². The monoisotopic (exact) mass is 278 g/mol. The Labute approximate surface area is 115 Å². The molecule has 0 atom stereocenters. The summed E-state index contributed by atoms with van der Waals surface area (Å²) in [6.07, 6.45) is 0. The molecule has 19 heavy (non-hydrogen) atoms. The number of carbonyl (C=O) groups excluding carboxylic acids is 1. The molecule has 6 heteroatoms. The van der Waals surface area contributed by atoms with Gasteiger partial charge in [0.1, 0.15) is 12.4 Å². The van der Waals surface area contributed by atoms with Gasteiger partial charge in [0.05, 0.1) is 10.7 Å². The number of nitrogens with two attached hydrogens (primary N) is 1. The van der Waals surface area contributed by atoms with Crippen LogP contribution >= 0.6 is 11.3 Å². The number of nitrogens with zero attached hydrogens (tertiary/aromatic N) is 1. The first-order chi connectivity index (χ1) is 9.13. The minimum absolute atomic E-state index is 0.132. The number of rotatable bonds is 5. The second-order valence-corrected chi connectivity index (χ2v) is 4.94. The minimum atomic E-state index is -0.428. The summed E-state index contributed by atoms with van der Waals surface area (Å²) in [4.78, 5) is 15.7. The average Bonchev–Trinajstić information content (AvgIpc) is 2.81. The molecule has 100 valence electrons. The Morgan fingerprint density at radius 1 is 1.37 bits per heavy atom. The van der Waals surface area contributed by atoms with Crippen molar-refractivity contribution >= 4 is 23.0 Å². The number of anilines is 1. The fourth-order valence-electron chi connectivity index (χ4n) is 1.38. The van der Waals surface area contributed by atoms with E-state index >= 15 is 0 Å². The van der Waals surface area contributed by atoms with Crippen LogP contribution in [-0.2, 0) is 16.1 Å². The molecular weight excluding hydrogens is 264 g/mol. The van der Waals surface area contributed by atoms with Crippen molar-refractivity contribution in [3.8, 4) is 5.75 Å². The third-order valence-electron chi connectivity index (χ3n) is 2.28. The predicted octanol–water partition coefficient (Wildman–Crippen LogP) is 2.16. The highest BCUT2D eigenvalue weighted by Crippen LogP contribution is 2.13. The number of aromatic nitrogens is 1. The Bertz CT molecular complexity index is 551. The molecule has 2 rings (SSSR count). The van der Waals surface area contributed by atoms with Crippen LogP contribution in [0.3, 0.4) is 0 Å². The predicted molar refractivity (Wildman–Crippen MR) is 73.0 cm³/mol. The molecule has 1 heterocycles. The maximum absolute atomic E-state index is 11.5. The average molecular weight is 278 g/mol. The number of nitrogen functional groups attached to an aromatic ring is 1. The smallest absolute Gasteiger partial charge is 0.344 e. The summed E-state index contributed by atoms with van der Waals surface area (Å²) in [5.41, 5.74) is 6.94. The molecule has 0 amide bonds. The number of hydrogen-bond donors (Lipinski definition) is 1. The van der Waals surface area contributed by atoms with E-state index < -0.39 is 5.97 Å². The summed E-state index contributed by atoms with van der Waals surface area (Å²) in [6, 6.07) is 6.82. The molecule has 1 aromatic carbocycles. The Hall–Kier alpha value is -2.08. The van der Waals surface area contributed by atoms with Gasteiger partial charge in [-0.2, -0.15) is 0 Å². The van der Waals surface area contributed by atoms with Gasteiger partial charge < -0.3 is 15.2 Å². The van der Waals surface area contributed by atoms with Gasteiger partial charge in [0, 0.05) is 11.1 Å². The van der Waals surface area contributed by atoms with E-state index in [0.717, 1.165) is 10.7 Å². The lowest BCUT2D eigenvalue weighted by molar-refractivity contribution is -0.147. The lowest BCUT2D eigenvalue weighted by Crippen LogP contribution is -2.14. The van der Waals surface area contributed by atoms with Gasteiger partial charge in [-0.15, -0.1) is 11.3 Å². The van der Waals surface area contributed by atoms with Crippen molar-refractivity contribution in [1.82, 2.24) is 4.98 Å². The van der Waals surface area contributed by atoms with Crippen LogP contribution in [0.5, 0.6) is 5.75 Å². The highest BCUT2D eigenvalue weighted by Gasteiger charge is 2.06. The van der Waals surface area contributed by atoms with E-state index in [4.69, 9.17) is 15.2 Å². The standard InChI is InChI=1S/C13H14N2O3S/c1-9-15-11(8-19-9)6-18-13(16)7-17-12-4-2-10(14)3-5-12/h2-5,8H,6-7,14H2,1H3. The van der Waals surface area contributed by atoms with E-state index in [9.17, 15) is 4.79 Å². The fraction of sp³-hybridized carbons (Fsp3) is 0.231. The molecule has 0 unspecified atom stereocenters. The molecular formula is C13H14N2O3S. The number of ether oxygens (including phenoxy) is 2. The second-order valence-electron chi connectivity index (χ2n) is 3.88. The molecule has 0 saturated carbocycles. The SMILES string of the molecule is Cc1nc(COC(=O)COc2ccc(N)cc2)cs1. The molecule has 0 aliphatic carbocycles. The maximum Gasteiger partial charge on any atom is 0.344 e. The molecule has 0 radical (unpaired) electrons. The third-order valence-corrected chi connectivity index (χ3v) is 3.11. The number of hydrogen-bond acceptors (Lipinski definition) is 6. The van der Waals surface area contributed by atoms with Gasteiger partial charge in [-0.1, -0.05) is 0 Å². The first kappa shape index (κ1) is 13.4. The number of benzene rings is 1.